The third kappa shape index (κ3) is 3.93. The van der Waals surface area contributed by atoms with Crippen molar-refractivity contribution in [3.63, 3.8) is 0 Å². The van der Waals surface area contributed by atoms with E-state index in [4.69, 9.17) is 15.0 Å². The van der Waals surface area contributed by atoms with Crippen LogP contribution in [0.1, 0.15) is 50.6 Å². The molecule has 1 heterocycles. The summed E-state index contributed by atoms with van der Waals surface area (Å²) in [5.41, 5.74) is 4.70. The predicted octanol–water partition coefficient (Wildman–Crippen LogP) is 5.45. The van der Waals surface area contributed by atoms with Gasteiger partial charge in [0.05, 0.1) is 0 Å². The molecule has 1 aromatic heterocycles. The maximum atomic E-state index is 4.75. The predicted molar refractivity (Wildman–Crippen MR) is 104 cm³/mol. The Balaban J connectivity index is 2.07. The van der Waals surface area contributed by atoms with E-state index in [0.29, 0.717) is 0 Å². The van der Waals surface area contributed by atoms with Gasteiger partial charge in [0.25, 0.3) is 0 Å². The van der Waals surface area contributed by atoms with Gasteiger partial charge in [-0.25, -0.2) is 15.0 Å². The minimum absolute atomic E-state index is 0.255. The molecule has 0 saturated carbocycles. The second kappa shape index (κ2) is 7.56. The van der Waals surface area contributed by atoms with E-state index in [-0.39, 0.29) is 5.92 Å². The fraction of sp³-hybridized carbons (Fsp3) is 0.318. The number of aromatic nitrogens is 3. The first-order valence-electron chi connectivity index (χ1n) is 9.05. The minimum Gasteiger partial charge on any atom is -0.213 e. The Labute approximate surface area is 150 Å². The van der Waals surface area contributed by atoms with Crippen molar-refractivity contribution < 1.29 is 0 Å². The van der Waals surface area contributed by atoms with Gasteiger partial charge < -0.3 is 0 Å². The average Bonchev–Trinajstić information content (AvgIpc) is 2.67. The van der Waals surface area contributed by atoms with Crippen LogP contribution in [0.2, 0.25) is 0 Å². The molecule has 0 N–H and O–H groups in total. The van der Waals surface area contributed by atoms with Crippen LogP contribution in [0.4, 0.5) is 0 Å². The van der Waals surface area contributed by atoms with Gasteiger partial charge in [0, 0.05) is 17.0 Å². The Hall–Kier alpha value is -2.55. The monoisotopic (exact) mass is 331 g/mol. The van der Waals surface area contributed by atoms with Crippen molar-refractivity contribution in [1.82, 2.24) is 15.0 Å². The third-order valence-electron chi connectivity index (χ3n) is 4.41. The van der Waals surface area contributed by atoms with Crippen LogP contribution in [0.15, 0.2) is 48.5 Å². The largest absolute Gasteiger partial charge is 0.213 e. The van der Waals surface area contributed by atoms with Gasteiger partial charge in [0.2, 0.25) is 0 Å². The molecule has 3 nitrogen and oxygen atoms in total. The summed E-state index contributed by atoms with van der Waals surface area (Å²) in [6, 6.07) is 17.0. The van der Waals surface area contributed by atoms with Crippen LogP contribution in [0.5, 0.6) is 0 Å². The van der Waals surface area contributed by atoms with Gasteiger partial charge in [-0.1, -0.05) is 76.2 Å². The van der Waals surface area contributed by atoms with Gasteiger partial charge in [-0.05, 0) is 24.0 Å². The van der Waals surface area contributed by atoms with Gasteiger partial charge in [0.1, 0.15) is 5.82 Å². The summed E-state index contributed by atoms with van der Waals surface area (Å²) >= 11 is 0. The van der Waals surface area contributed by atoms with Gasteiger partial charge in [0.15, 0.2) is 11.6 Å². The van der Waals surface area contributed by atoms with Crippen LogP contribution in [0.3, 0.4) is 0 Å². The van der Waals surface area contributed by atoms with Crippen molar-refractivity contribution in [3.05, 3.63) is 65.5 Å². The summed E-state index contributed by atoms with van der Waals surface area (Å²) in [5, 5.41) is 0. The van der Waals surface area contributed by atoms with E-state index in [0.717, 1.165) is 41.4 Å². The number of rotatable bonds is 5. The molecule has 0 amide bonds. The van der Waals surface area contributed by atoms with E-state index >= 15 is 0 Å². The Kier molecular flexibility index (Phi) is 5.22. The minimum atomic E-state index is 0.255. The third-order valence-corrected chi connectivity index (χ3v) is 4.41. The zero-order valence-corrected chi connectivity index (χ0v) is 15.5. The molecule has 0 aliphatic rings. The molecular weight excluding hydrogens is 306 g/mol. The molecule has 0 aliphatic heterocycles. The summed E-state index contributed by atoms with van der Waals surface area (Å²) in [4.78, 5) is 14.1. The maximum Gasteiger partial charge on any atom is 0.163 e. The zero-order chi connectivity index (χ0) is 17.8. The molecule has 0 fully saturated rings. The average molecular weight is 331 g/mol. The molecular formula is C22H25N3. The maximum absolute atomic E-state index is 4.75. The number of hydrogen-bond donors (Lipinski definition) is 0. The number of aryl methyl sites for hydroxylation is 2. The molecule has 3 aromatic rings. The highest BCUT2D eigenvalue weighted by Gasteiger charge is 2.12. The smallest absolute Gasteiger partial charge is 0.163 e. The molecule has 0 saturated heterocycles. The molecule has 0 bridgehead atoms. The van der Waals surface area contributed by atoms with E-state index in [1.165, 1.54) is 11.1 Å². The summed E-state index contributed by atoms with van der Waals surface area (Å²) in [6.45, 7) is 8.55. The Bertz CT molecular complexity index is 768. The lowest BCUT2D eigenvalue weighted by molar-refractivity contribution is 0.766. The fourth-order valence-corrected chi connectivity index (χ4v) is 2.69. The summed E-state index contributed by atoms with van der Waals surface area (Å²) in [6.07, 6.45) is 2.06. The van der Waals surface area contributed by atoms with E-state index in [1.54, 1.807) is 0 Å². The Morgan fingerprint density at radius 1 is 0.640 bits per heavy atom. The number of benzene rings is 2. The van der Waals surface area contributed by atoms with Crippen molar-refractivity contribution in [1.29, 1.82) is 0 Å². The molecule has 2 aromatic carbocycles. The summed E-state index contributed by atoms with van der Waals surface area (Å²) < 4.78 is 0. The second-order valence-electron chi connectivity index (χ2n) is 6.60. The molecule has 25 heavy (non-hydrogen) atoms. The highest BCUT2D eigenvalue weighted by molar-refractivity contribution is 5.61. The number of nitrogens with zero attached hydrogens (tertiary/aromatic N) is 3. The molecule has 3 heteroatoms. The Morgan fingerprint density at radius 2 is 1.04 bits per heavy atom. The van der Waals surface area contributed by atoms with Crippen molar-refractivity contribution in [2.75, 3.05) is 0 Å². The Morgan fingerprint density at radius 3 is 1.36 bits per heavy atom. The van der Waals surface area contributed by atoms with Crippen LogP contribution in [0.25, 0.3) is 22.8 Å². The van der Waals surface area contributed by atoms with E-state index < -0.39 is 0 Å². The van der Waals surface area contributed by atoms with Crippen LogP contribution >= 0.6 is 0 Å². The molecule has 0 aliphatic carbocycles. The van der Waals surface area contributed by atoms with Gasteiger partial charge in [-0.3, -0.25) is 0 Å². The molecule has 0 atom stereocenters. The quantitative estimate of drug-likeness (QED) is 0.623. The topological polar surface area (TPSA) is 38.7 Å². The lowest BCUT2D eigenvalue weighted by atomic mass is 10.1. The summed E-state index contributed by atoms with van der Waals surface area (Å²) in [5.74, 6) is 2.58. The van der Waals surface area contributed by atoms with E-state index in [9.17, 15) is 0 Å². The van der Waals surface area contributed by atoms with Crippen LogP contribution in [-0.2, 0) is 12.8 Å². The lowest BCUT2D eigenvalue weighted by Crippen LogP contribution is -2.04. The van der Waals surface area contributed by atoms with Crippen LogP contribution in [0, 0.1) is 0 Å². The van der Waals surface area contributed by atoms with Crippen molar-refractivity contribution in [2.24, 2.45) is 0 Å². The van der Waals surface area contributed by atoms with Crippen LogP contribution in [-0.4, -0.2) is 15.0 Å². The van der Waals surface area contributed by atoms with Gasteiger partial charge in [-0.15, -0.1) is 0 Å². The first-order chi connectivity index (χ1) is 12.1. The van der Waals surface area contributed by atoms with Crippen LogP contribution < -0.4 is 0 Å². The first-order valence-corrected chi connectivity index (χ1v) is 9.05. The molecule has 0 radical (unpaired) electrons. The normalized spacial score (nSPS) is 11.1. The van der Waals surface area contributed by atoms with Gasteiger partial charge in [-0.2, -0.15) is 0 Å². The highest BCUT2D eigenvalue weighted by Crippen LogP contribution is 2.23. The SMILES string of the molecule is CCc1ccc(-c2nc(-c3ccc(CC)cc3)nc(C(C)C)n2)cc1. The van der Waals surface area contributed by atoms with Crippen molar-refractivity contribution >= 4 is 0 Å². The number of hydrogen-bond acceptors (Lipinski definition) is 3. The van der Waals surface area contributed by atoms with Crippen molar-refractivity contribution in [3.8, 4) is 22.8 Å². The molecule has 3 rings (SSSR count). The lowest BCUT2D eigenvalue weighted by Gasteiger charge is -2.10. The highest BCUT2D eigenvalue weighted by atomic mass is 15.0. The zero-order valence-electron chi connectivity index (χ0n) is 15.5. The van der Waals surface area contributed by atoms with E-state index in [1.807, 2.05) is 0 Å². The van der Waals surface area contributed by atoms with E-state index in [2.05, 4.69) is 76.2 Å². The first kappa shape index (κ1) is 17.3. The molecule has 128 valence electrons. The van der Waals surface area contributed by atoms with Crippen molar-refractivity contribution in [2.45, 2.75) is 46.5 Å². The second-order valence-corrected chi connectivity index (χ2v) is 6.60. The van der Waals surface area contributed by atoms with Gasteiger partial charge >= 0.3 is 0 Å². The molecule has 0 unspecified atom stereocenters. The summed E-state index contributed by atoms with van der Waals surface area (Å²) in [7, 11) is 0. The fourth-order valence-electron chi connectivity index (χ4n) is 2.69. The molecule has 0 spiro atoms. The standard InChI is InChI=1S/C22H25N3/c1-5-16-7-11-18(12-8-16)21-23-20(15(3)4)24-22(25-21)19-13-9-17(6-2)10-14-19/h7-15H,5-6H2,1-4H3.